The summed E-state index contributed by atoms with van der Waals surface area (Å²) in [6.07, 6.45) is 1.76. The van der Waals surface area contributed by atoms with Crippen molar-refractivity contribution in [2.24, 2.45) is 0 Å². The quantitative estimate of drug-likeness (QED) is 0.875. The van der Waals surface area contributed by atoms with Crippen LogP contribution in [0.4, 0.5) is 17.5 Å². The Morgan fingerprint density at radius 2 is 1.90 bits per heavy atom. The maximum Gasteiger partial charge on any atom is 0.229 e. The zero-order chi connectivity index (χ0) is 14.4. The van der Waals surface area contributed by atoms with Crippen LogP contribution in [0.3, 0.4) is 0 Å². The van der Waals surface area contributed by atoms with E-state index in [0.29, 0.717) is 5.95 Å². The molecule has 0 aliphatic carbocycles. The Morgan fingerprint density at radius 3 is 2.60 bits per heavy atom. The molecule has 2 rings (SSSR count). The molecule has 1 N–H and O–H groups in total. The molecule has 0 aliphatic rings. The summed E-state index contributed by atoms with van der Waals surface area (Å²) in [4.78, 5) is 11.0. The van der Waals surface area contributed by atoms with E-state index < -0.39 is 0 Å². The van der Waals surface area contributed by atoms with E-state index >= 15 is 0 Å². The van der Waals surface area contributed by atoms with Gasteiger partial charge in [-0.3, -0.25) is 0 Å². The first-order chi connectivity index (χ1) is 9.78. The van der Waals surface area contributed by atoms with Crippen molar-refractivity contribution >= 4 is 17.5 Å². The van der Waals surface area contributed by atoms with E-state index in [0.717, 1.165) is 30.3 Å². The summed E-state index contributed by atoms with van der Waals surface area (Å²) in [5.74, 6) is 2.26. The zero-order valence-corrected chi connectivity index (χ0v) is 12.1. The van der Waals surface area contributed by atoms with Crippen molar-refractivity contribution in [3.8, 4) is 5.75 Å². The lowest BCUT2D eigenvalue weighted by atomic mass is 10.3. The summed E-state index contributed by atoms with van der Waals surface area (Å²) in [6.45, 7) is 6.06. The monoisotopic (exact) mass is 272 g/mol. The van der Waals surface area contributed by atoms with Crippen LogP contribution in [0.1, 0.15) is 13.8 Å². The fraction of sp³-hybridized carbons (Fsp3) is 0.333. The van der Waals surface area contributed by atoms with E-state index in [1.807, 2.05) is 30.3 Å². The summed E-state index contributed by atoms with van der Waals surface area (Å²) in [5, 5.41) is 3.19. The number of ether oxygens (including phenoxy) is 1. The predicted molar refractivity (Wildman–Crippen MR) is 81.9 cm³/mol. The molecular weight excluding hydrogens is 252 g/mol. The van der Waals surface area contributed by atoms with Crippen LogP contribution < -0.4 is 15.0 Å². The average molecular weight is 272 g/mol. The normalized spacial score (nSPS) is 10.2. The number of hydrogen-bond donors (Lipinski definition) is 1. The molecule has 0 saturated carbocycles. The van der Waals surface area contributed by atoms with Gasteiger partial charge in [0.05, 0.1) is 12.8 Å². The van der Waals surface area contributed by atoms with Gasteiger partial charge in [-0.25, -0.2) is 4.98 Å². The molecule has 1 heterocycles. The van der Waals surface area contributed by atoms with Gasteiger partial charge in [0.1, 0.15) is 11.6 Å². The van der Waals surface area contributed by atoms with Crippen LogP contribution >= 0.6 is 0 Å². The molecule has 5 heteroatoms. The molecule has 0 bridgehead atoms. The molecule has 0 saturated heterocycles. The number of nitrogens with zero attached hydrogens (tertiary/aromatic N) is 3. The van der Waals surface area contributed by atoms with Crippen LogP contribution in [0.2, 0.25) is 0 Å². The summed E-state index contributed by atoms with van der Waals surface area (Å²) in [6, 6.07) is 9.62. The number of aromatic nitrogens is 2. The van der Waals surface area contributed by atoms with Crippen molar-refractivity contribution in [1.29, 1.82) is 0 Å². The molecule has 20 heavy (non-hydrogen) atoms. The zero-order valence-electron chi connectivity index (χ0n) is 12.1. The number of rotatable bonds is 6. The van der Waals surface area contributed by atoms with Gasteiger partial charge < -0.3 is 15.0 Å². The van der Waals surface area contributed by atoms with Crippen LogP contribution in [0.5, 0.6) is 5.75 Å². The van der Waals surface area contributed by atoms with Crippen molar-refractivity contribution in [1.82, 2.24) is 9.97 Å². The third-order valence-corrected chi connectivity index (χ3v) is 3.08. The van der Waals surface area contributed by atoms with E-state index in [-0.39, 0.29) is 0 Å². The van der Waals surface area contributed by atoms with E-state index in [4.69, 9.17) is 4.74 Å². The van der Waals surface area contributed by atoms with Crippen molar-refractivity contribution in [2.45, 2.75) is 13.8 Å². The number of para-hydroxylation sites is 2. The van der Waals surface area contributed by atoms with E-state index in [2.05, 4.69) is 34.0 Å². The Hall–Kier alpha value is -2.30. The fourth-order valence-electron chi connectivity index (χ4n) is 2.00. The number of benzene rings is 1. The molecule has 106 valence electrons. The topological polar surface area (TPSA) is 50.3 Å². The van der Waals surface area contributed by atoms with E-state index in [1.165, 1.54) is 0 Å². The van der Waals surface area contributed by atoms with Gasteiger partial charge in [-0.15, -0.1) is 0 Å². The third kappa shape index (κ3) is 3.17. The Labute approximate surface area is 119 Å². The highest BCUT2D eigenvalue weighted by molar-refractivity contribution is 5.63. The lowest BCUT2D eigenvalue weighted by Crippen LogP contribution is -2.23. The maximum atomic E-state index is 5.31. The van der Waals surface area contributed by atoms with Crippen LogP contribution in [0, 0.1) is 0 Å². The van der Waals surface area contributed by atoms with Crippen LogP contribution in [-0.2, 0) is 0 Å². The third-order valence-electron chi connectivity index (χ3n) is 3.08. The number of nitrogens with one attached hydrogen (secondary N) is 1. The highest BCUT2D eigenvalue weighted by Gasteiger charge is 2.07. The molecule has 5 nitrogen and oxygen atoms in total. The number of methoxy groups -OCH3 is 1. The van der Waals surface area contributed by atoms with Crippen molar-refractivity contribution < 1.29 is 4.74 Å². The van der Waals surface area contributed by atoms with Crippen molar-refractivity contribution in [3.63, 3.8) is 0 Å². The minimum atomic E-state index is 0.568. The largest absolute Gasteiger partial charge is 0.495 e. The summed E-state index contributed by atoms with van der Waals surface area (Å²) >= 11 is 0. The van der Waals surface area contributed by atoms with Gasteiger partial charge >= 0.3 is 0 Å². The molecule has 0 aliphatic heterocycles. The number of hydrogen-bond acceptors (Lipinski definition) is 5. The number of anilines is 3. The molecule has 0 amide bonds. The second-order valence-corrected chi connectivity index (χ2v) is 4.24. The van der Waals surface area contributed by atoms with E-state index in [1.54, 1.807) is 13.3 Å². The molecule has 1 aromatic heterocycles. The Bertz CT molecular complexity index is 555. The highest BCUT2D eigenvalue weighted by Crippen LogP contribution is 2.26. The molecular formula is C15H20N4O. The van der Waals surface area contributed by atoms with Crippen molar-refractivity contribution in [3.05, 3.63) is 36.5 Å². The van der Waals surface area contributed by atoms with Crippen LogP contribution in [0.15, 0.2) is 36.5 Å². The summed E-state index contributed by atoms with van der Waals surface area (Å²) in [7, 11) is 1.65. The van der Waals surface area contributed by atoms with Gasteiger partial charge in [-0.2, -0.15) is 4.98 Å². The molecule has 0 fully saturated rings. The summed E-state index contributed by atoms with van der Waals surface area (Å²) < 4.78 is 5.31. The van der Waals surface area contributed by atoms with Gasteiger partial charge in [0.25, 0.3) is 0 Å². The van der Waals surface area contributed by atoms with Crippen molar-refractivity contribution in [2.75, 3.05) is 30.4 Å². The molecule has 0 atom stereocenters. The lowest BCUT2D eigenvalue weighted by Gasteiger charge is -2.20. The lowest BCUT2D eigenvalue weighted by molar-refractivity contribution is 0.417. The van der Waals surface area contributed by atoms with Gasteiger partial charge in [-0.1, -0.05) is 12.1 Å². The predicted octanol–water partition coefficient (Wildman–Crippen LogP) is 3.08. The average Bonchev–Trinajstić information content (AvgIpc) is 2.49. The van der Waals surface area contributed by atoms with E-state index in [9.17, 15) is 0 Å². The maximum absolute atomic E-state index is 5.31. The van der Waals surface area contributed by atoms with Gasteiger partial charge in [0.2, 0.25) is 5.95 Å². The molecule has 0 unspecified atom stereocenters. The fourth-order valence-corrected chi connectivity index (χ4v) is 2.00. The van der Waals surface area contributed by atoms with Crippen LogP contribution in [0.25, 0.3) is 0 Å². The standard InChI is InChI=1S/C15H20N4O/c1-4-19(5-2)14-10-11-16-15(18-14)17-12-8-6-7-9-13(12)20-3/h6-11H,4-5H2,1-3H3,(H,16,17,18). The van der Waals surface area contributed by atoms with Gasteiger partial charge in [0, 0.05) is 19.3 Å². The van der Waals surface area contributed by atoms with Crippen LogP contribution in [-0.4, -0.2) is 30.2 Å². The highest BCUT2D eigenvalue weighted by atomic mass is 16.5. The Morgan fingerprint density at radius 1 is 1.15 bits per heavy atom. The van der Waals surface area contributed by atoms with Gasteiger partial charge in [-0.05, 0) is 32.0 Å². The molecule has 0 radical (unpaired) electrons. The molecule has 0 spiro atoms. The Balaban J connectivity index is 2.23. The Kier molecular flexibility index (Phi) is 4.76. The first kappa shape index (κ1) is 14.1. The first-order valence-electron chi connectivity index (χ1n) is 6.76. The smallest absolute Gasteiger partial charge is 0.229 e. The molecule has 1 aromatic carbocycles. The molecule has 2 aromatic rings. The van der Waals surface area contributed by atoms with Gasteiger partial charge in [0.15, 0.2) is 0 Å². The minimum Gasteiger partial charge on any atom is -0.495 e. The first-order valence-corrected chi connectivity index (χ1v) is 6.76. The second-order valence-electron chi connectivity index (χ2n) is 4.24. The minimum absolute atomic E-state index is 0.568. The second kappa shape index (κ2) is 6.75. The summed E-state index contributed by atoms with van der Waals surface area (Å²) in [5.41, 5.74) is 0.853. The SMILES string of the molecule is CCN(CC)c1ccnc(Nc2ccccc2OC)n1.